The molecule has 0 fully saturated rings. The summed E-state index contributed by atoms with van der Waals surface area (Å²) in [5.41, 5.74) is 0. The molecule has 1 N–H and O–H groups in total. The Morgan fingerprint density at radius 2 is 2.24 bits per heavy atom. The molecule has 0 radical (unpaired) electrons. The van der Waals surface area contributed by atoms with Gasteiger partial charge < -0.3 is 5.32 Å². The van der Waals surface area contributed by atoms with Crippen LogP contribution in [0.3, 0.4) is 0 Å². The Balaban J connectivity index is 2.44. The number of nitrogens with zero attached hydrogens (tertiary/aromatic N) is 4. The summed E-state index contributed by atoms with van der Waals surface area (Å²) in [5.74, 6) is 0.821. The molecule has 0 aliphatic rings. The number of thioether (sulfide) groups is 1. The molecule has 7 nitrogen and oxygen atoms in total. The van der Waals surface area contributed by atoms with Crippen LogP contribution in [0.4, 0.5) is 0 Å². The zero-order valence-electron chi connectivity index (χ0n) is 9.96. The van der Waals surface area contributed by atoms with Crippen molar-refractivity contribution in [1.29, 1.82) is 0 Å². The average molecular weight is 279 g/mol. The number of likely N-dealkylation sites (N-methyl/N-ethyl adjacent to an activating group) is 1. The number of hydrogen-bond acceptors (Lipinski definition) is 7. The number of tetrazole rings is 1. The van der Waals surface area contributed by atoms with E-state index in [0.717, 1.165) is 6.54 Å². The summed E-state index contributed by atoms with van der Waals surface area (Å²) < 4.78 is 24.3. The molecule has 0 spiro atoms. The van der Waals surface area contributed by atoms with Gasteiger partial charge in [0.1, 0.15) is 0 Å². The van der Waals surface area contributed by atoms with Gasteiger partial charge in [-0.05, 0) is 17.5 Å². The van der Waals surface area contributed by atoms with E-state index in [9.17, 15) is 8.42 Å². The van der Waals surface area contributed by atoms with Gasteiger partial charge in [0.05, 0.1) is 12.3 Å². The van der Waals surface area contributed by atoms with Crippen LogP contribution in [0.25, 0.3) is 0 Å². The van der Waals surface area contributed by atoms with E-state index < -0.39 is 9.84 Å². The van der Waals surface area contributed by atoms with E-state index in [4.69, 9.17) is 0 Å². The number of rotatable bonds is 8. The third-order valence-corrected chi connectivity index (χ3v) is 5.06. The maximum Gasteiger partial charge on any atom is 0.209 e. The van der Waals surface area contributed by atoms with Crippen molar-refractivity contribution in [3.8, 4) is 0 Å². The second kappa shape index (κ2) is 6.92. The van der Waals surface area contributed by atoms with Crippen LogP contribution in [0, 0.1) is 0 Å². The Kier molecular flexibility index (Phi) is 5.86. The van der Waals surface area contributed by atoms with Crippen LogP contribution in [-0.2, 0) is 16.4 Å². The molecule has 17 heavy (non-hydrogen) atoms. The molecule has 1 heterocycles. The van der Waals surface area contributed by atoms with Gasteiger partial charge in [0.25, 0.3) is 0 Å². The standard InChI is InChI=1S/C8H17N5O2S2/c1-3-17(14,15)7-6-16-8-10-11-12-13(8)5-4-9-2/h9H,3-7H2,1-2H3. The average Bonchev–Trinajstić information content (AvgIpc) is 2.74. The molecule has 0 unspecified atom stereocenters. The molecule has 0 amide bonds. The second-order valence-corrected chi connectivity index (χ2v) is 6.91. The van der Waals surface area contributed by atoms with Crippen LogP contribution in [0.5, 0.6) is 0 Å². The van der Waals surface area contributed by atoms with Gasteiger partial charge in [0.15, 0.2) is 9.84 Å². The van der Waals surface area contributed by atoms with Crippen molar-refractivity contribution < 1.29 is 8.42 Å². The summed E-state index contributed by atoms with van der Waals surface area (Å²) in [6.45, 7) is 3.09. The van der Waals surface area contributed by atoms with E-state index in [1.807, 2.05) is 7.05 Å². The van der Waals surface area contributed by atoms with E-state index in [1.165, 1.54) is 11.8 Å². The summed E-state index contributed by atoms with van der Waals surface area (Å²) in [6, 6.07) is 0. The number of sulfone groups is 1. The normalized spacial score (nSPS) is 11.9. The lowest BCUT2D eigenvalue weighted by atomic mass is 10.6. The van der Waals surface area contributed by atoms with Crippen molar-refractivity contribution in [1.82, 2.24) is 25.5 Å². The molecule has 0 saturated heterocycles. The maximum atomic E-state index is 11.3. The molecule has 9 heteroatoms. The van der Waals surface area contributed by atoms with E-state index in [0.29, 0.717) is 17.5 Å². The number of hydrogen-bond donors (Lipinski definition) is 1. The van der Waals surface area contributed by atoms with E-state index in [1.54, 1.807) is 11.6 Å². The van der Waals surface area contributed by atoms with Crippen LogP contribution in [0.2, 0.25) is 0 Å². The predicted octanol–water partition coefficient (Wildman–Crippen LogP) is -0.581. The molecule has 0 aromatic carbocycles. The number of aromatic nitrogens is 4. The molecule has 0 saturated carbocycles. The Labute approximate surface area is 105 Å². The first-order valence-corrected chi connectivity index (χ1v) is 8.13. The van der Waals surface area contributed by atoms with Crippen LogP contribution in [0.15, 0.2) is 5.16 Å². The van der Waals surface area contributed by atoms with Gasteiger partial charge in [0, 0.05) is 18.1 Å². The molecule has 0 aliphatic carbocycles. The minimum atomic E-state index is -2.91. The molecular formula is C8H17N5O2S2. The lowest BCUT2D eigenvalue weighted by Crippen LogP contribution is -2.17. The first kappa shape index (κ1) is 14.4. The van der Waals surface area contributed by atoms with Gasteiger partial charge in [-0.1, -0.05) is 18.7 Å². The van der Waals surface area contributed by atoms with Crippen LogP contribution >= 0.6 is 11.8 Å². The summed E-state index contributed by atoms with van der Waals surface area (Å²) in [6.07, 6.45) is 0. The zero-order chi connectivity index (χ0) is 12.7. The summed E-state index contributed by atoms with van der Waals surface area (Å²) in [5, 5.41) is 14.9. The third kappa shape index (κ3) is 5.00. The molecule has 1 aromatic rings. The summed E-state index contributed by atoms with van der Waals surface area (Å²) in [4.78, 5) is 0. The smallest absolute Gasteiger partial charge is 0.209 e. The molecular weight excluding hydrogens is 262 g/mol. The van der Waals surface area contributed by atoms with Crippen molar-refractivity contribution in [2.24, 2.45) is 0 Å². The minimum absolute atomic E-state index is 0.160. The van der Waals surface area contributed by atoms with E-state index >= 15 is 0 Å². The predicted molar refractivity (Wildman–Crippen MR) is 66.8 cm³/mol. The first-order chi connectivity index (χ1) is 8.09. The van der Waals surface area contributed by atoms with Crippen LogP contribution in [0.1, 0.15) is 6.92 Å². The molecule has 1 aromatic heterocycles. The van der Waals surface area contributed by atoms with Crippen molar-refractivity contribution >= 4 is 21.6 Å². The zero-order valence-corrected chi connectivity index (χ0v) is 11.6. The fourth-order valence-electron chi connectivity index (χ4n) is 1.06. The van der Waals surface area contributed by atoms with E-state index in [-0.39, 0.29) is 11.5 Å². The summed E-state index contributed by atoms with van der Waals surface area (Å²) in [7, 11) is -1.06. The topological polar surface area (TPSA) is 89.8 Å². The minimum Gasteiger partial charge on any atom is -0.318 e. The van der Waals surface area contributed by atoms with Gasteiger partial charge >= 0.3 is 0 Å². The largest absolute Gasteiger partial charge is 0.318 e. The van der Waals surface area contributed by atoms with Crippen molar-refractivity contribution in [2.75, 3.05) is 30.9 Å². The highest BCUT2D eigenvalue weighted by molar-refractivity contribution is 8.00. The van der Waals surface area contributed by atoms with Crippen molar-refractivity contribution in [3.63, 3.8) is 0 Å². The van der Waals surface area contributed by atoms with Crippen LogP contribution < -0.4 is 5.32 Å². The highest BCUT2D eigenvalue weighted by atomic mass is 32.2. The van der Waals surface area contributed by atoms with Crippen molar-refractivity contribution in [3.05, 3.63) is 0 Å². The Hall–Kier alpha value is -0.670. The first-order valence-electron chi connectivity index (χ1n) is 5.33. The third-order valence-electron chi connectivity index (χ3n) is 2.14. The van der Waals surface area contributed by atoms with Gasteiger partial charge in [-0.3, -0.25) is 0 Å². The second-order valence-electron chi connectivity index (χ2n) is 3.37. The van der Waals surface area contributed by atoms with E-state index in [2.05, 4.69) is 20.8 Å². The molecule has 0 aliphatic heterocycles. The maximum absolute atomic E-state index is 11.3. The highest BCUT2D eigenvalue weighted by Gasteiger charge is 2.10. The van der Waals surface area contributed by atoms with Gasteiger partial charge in [-0.2, -0.15) is 0 Å². The number of nitrogens with one attached hydrogen (secondary N) is 1. The lowest BCUT2D eigenvalue weighted by molar-refractivity contribution is 0.530. The Bertz CT molecular complexity index is 431. The Morgan fingerprint density at radius 3 is 2.88 bits per heavy atom. The monoisotopic (exact) mass is 279 g/mol. The highest BCUT2D eigenvalue weighted by Crippen LogP contribution is 2.13. The van der Waals surface area contributed by atoms with Crippen LogP contribution in [-0.4, -0.2) is 59.5 Å². The molecule has 0 atom stereocenters. The fraction of sp³-hybridized carbons (Fsp3) is 0.875. The fourth-order valence-corrected chi connectivity index (χ4v) is 3.25. The lowest BCUT2D eigenvalue weighted by Gasteiger charge is -2.03. The van der Waals surface area contributed by atoms with Gasteiger partial charge in [-0.15, -0.1) is 5.10 Å². The van der Waals surface area contributed by atoms with Gasteiger partial charge in [0.2, 0.25) is 5.16 Å². The summed E-state index contributed by atoms with van der Waals surface area (Å²) >= 11 is 1.37. The molecule has 1 rings (SSSR count). The van der Waals surface area contributed by atoms with Gasteiger partial charge in [-0.25, -0.2) is 13.1 Å². The van der Waals surface area contributed by atoms with Crippen molar-refractivity contribution in [2.45, 2.75) is 18.6 Å². The molecule has 98 valence electrons. The Morgan fingerprint density at radius 1 is 1.47 bits per heavy atom. The SMILES string of the molecule is CCS(=O)(=O)CCSc1nnnn1CCNC. The molecule has 0 bridgehead atoms. The quantitative estimate of drug-likeness (QED) is 0.637.